The molecule has 0 aromatic heterocycles. The number of phenolic OH excluding ortho intramolecular Hbond substituents is 1. The molecular weight excluding hydrogens is 200 g/mol. The van der Waals surface area contributed by atoms with Gasteiger partial charge in [0.15, 0.2) is 0 Å². The number of carboxylic acid groups (broad SMARTS) is 1. The molecule has 0 fully saturated rings. The second kappa shape index (κ2) is 4.19. The van der Waals surface area contributed by atoms with Gasteiger partial charge in [-0.2, -0.15) is 0 Å². The summed E-state index contributed by atoms with van der Waals surface area (Å²) in [6.07, 6.45) is 0.504. The van der Waals surface area contributed by atoms with Gasteiger partial charge in [0.1, 0.15) is 5.75 Å². The Morgan fingerprint density at radius 1 is 1.43 bits per heavy atom. The lowest BCUT2D eigenvalue weighted by Crippen LogP contribution is -2.00. The average Bonchev–Trinajstić information content (AvgIpc) is 2.01. The summed E-state index contributed by atoms with van der Waals surface area (Å²) in [6.45, 7) is 1.78. The van der Waals surface area contributed by atoms with Crippen molar-refractivity contribution < 1.29 is 15.0 Å². The molecular formula is C10H10O3S. The number of phenols is 1. The van der Waals surface area contributed by atoms with E-state index < -0.39 is 5.97 Å². The minimum Gasteiger partial charge on any atom is -0.508 e. The summed E-state index contributed by atoms with van der Waals surface area (Å²) in [5, 5.41) is 18.0. The van der Waals surface area contributed by atoms with E-state index in [1.165, 1.54) is 18.2 Å². The highest BCUT2D eigenvalue weighted by Gasteiger charge is 2.06. The smallest absolute Gasteiger partial charge is 0.335 e. The van der Waals surface area contributed by atoms with Crippen LogP contribution in [0.5, 0.6) is 5.75 Å². The fourth-order valence-corrected chi connectivity index (χ4v) is 1.35. The molecule has 0 saturated heterocycles. The normalized spacial score (nSPS) is 9.79. The molecule has 0 spiro atoms. The highest BCUT2D eigenvalue weighted by molar-refractivity contribution is 7.80. The van der Waals surface area contributed by atoms with Gasteiger partial charge in [0.25, 0.3) is 0 Å². The first-order chi connectivity index (χ1) is 6.49. The molecule has 0 saturated carbocycles. The van der Waals surface area contributed by atoms with Crippen LogP contribution in [0, 0.1) is 0 Å². The number of aromatic carboxylic acids is 1. The van der Waals surface area contributed by atoms with E-state index in [4.69, 9.17) is 17.3 Å². The van der Waals surface area contributed by atoms with Crippen LogP contribution < -0.4 is 0 Å². The van der Waals surface area contributed by atoms with Gasteiger partial charge in [-0.25, -0.2) is 4.79 Å². The van der Waals surface area contributed by atoms with Gasteiger partial charge in [0.05, 0.1) is 5.56 Å². The van der Waals surface area contributed by atoms with Crippen molar-refractivity contribution in [3.8, 4) is 5.75 Å². The molecule has 1 aromatic carbocycles. The highest BCUT2D eigenvalue weighted by atomic mass is 32.1. The Morgan fingerprint density at radius 3 is 2.57 bits per heavy atom. The molecule has 74 valence electrons. The first-order valence-electron chi connectivity index (χ1n) is 4.04. The van der Waals surface area contributed by atoms with E-state index in [9.17, 15) is 9.90 Å². The van der Waals surface area contributed by atoms with Crippen LogP contribution in [0.25, 0.3) is 0 Å². The van der Waals surface area contributed by atoms with E-state index >= 15 is 0 Å². The van der Waals surface area contributed by atoms with E-state index in [0.717, 1.165) is 10.4 Å². The number of hydrogen-bond donors (Lipinski definition) is 2. The molecule has 0 aliphatic heterocycles. The second-order valence-corrected chi connectivity index (χ2v) is 3.77. The maximum Gasteiger partial charge on any atom is 0.335 e. The molecule has 0 heterocycles. The molecule has 1 rings (SSSR count). The van der Waals surface area contributed by atoms with Crippen LogP contribution in [-0.4, -0.2) is 21.0 Å². The average molecular weight is 210 g/mol. The van der Waals surface area contributed by atoms with Gasteiger partial charge >= 0.3 is 5.97 Å². The van der Waals surface area contributed by atoms with Crippen molar-refractivity contribution in [2.45, 2.75) is 13.3 Å². The first-order valence-corrected chi connectivity index (χ1v) is 4.45. The summed E-state index contributed by atoms with van der Waals surface area (Å²) in [5.41, 5.74) is 0.797. The summed E-state index contributed by atoms with van der Waals surface area (Å²) in [7, 11) is 0. The minimum atomic E-state index is -1.05. The molecule has 14 heavy (non-hydrogen) atoms. The van der Waals surface area contributed by atoms with E-state index in [-0.39, 0.29) is 11.3 Å². The molecule has 3 nitrogen and oxygen atoms in total. The van der Waals surface area contributed by atoms with Crippen LogP contribution in [0.2, 0.25) is 0 Å². The second-order valence-electron chi connectivity index (χ2n) is 3.07. The van der Waals surface area contributed by atoms with Crippen molar-refractivity contribution in [3.05, 3.63) is 29.3 Å². The Balaban J connectivity index is 3.07. The number of thiocarbonyl (C=S) groups is 1. The van der Waals surface area contributed by atoms with Gasteiger partial charge in [0, 0.05) is 6.42 Å². The first kappa shape index (κ1) is 10.7. The number of aromatic hydroxyl groups is 1. The zero-order valence-corrected chi connectivity index (χ0v) is 8.47. The van der Waals surface area contributed by atoms with Gasteiger partial charge in [-0.15, -0.1) is 0 Å². The third kappa shape index (κ3) is 2.81. The fourth-order valence-electron chi connectivity index (χ4n) is 1.19. The van der Waals surface area contributed by atoms with Crippen LogP contribution in [0.3, 0.4) is 0 Å². The highest BCUT2D eigenvalue weighted by Crippen LogP contribution is 2.16. The zero-order chi connectivity index (χ0) is 10.7. The van der Waals surface area contributed by atoms with Crippen molar-refractivity contribution in [3.63, 3.8) is 0 Å². The number of benzene rings is 1. The lowest BCUT2D eigenvalue weighted by Gasteiger charge is -2.02. The molecule has 0 aliphatic carbocycles. The Bertz CT molecular complexity index is 385. The Labute approximate surface area is 87.0 Å². The van der Waals surface area contributed by atoms with Crippen LogP contribution >= 0.6 is 12.2 Å². The zero-order valence-electron chi connectivity index (χ0n) is 7.65. The lowest BCUT2D eigenvalue weighted by atomic mass is 10.1. The van der Waals surface area contributed by atoms with Gasteiger partial charge in [-0.05, 0) is 35.6 Å². The Kier molecular flexibility index (Phi) is 3.19. The molecule has 2 N–H and O–H groups in total. The van der Waals surface area contributed by atoms with Crippen molar-refractivity contribution in [1.29, 1.82) is 0 Å². The quantitative estimate of drug-likeness (QED) is 0.749. The summed E-state index contributed by atoms with van der Waals surface area (Å²) in [4.78, 5) is 11.4. The van der Waals surface area contributed by atoms with Crippen molar-refractivity contribution in [2.75, 3.05) is 0 Å². The van der Waals surface area contributed by atoms with Crippen molar-refractivity contribution >= 4 is 23.1 Å². The lowest BCUT2D eigenvalue weighted by molar-refractivity contribution is 0.0696. The molecule has 0 atom stereocenters. The molecule has 4 heteroatoms. The number of carboxylic acids is 1. The number of rotatable bonds is 3. The van der Waals surface area contributed by atoms with Gasteiger partial charge < -0.3 is 10.2 Å². The van der Waals surface area contributed by atoms with Gasteiger partial charge in [0.2, 0.25) is 0 Å². The van der Waals surface area contributed by atoms with Crippen LogP contribution in [0.4, 0.5) is 0 Å². The molecule has 1 aromatic rings. The predicted molar refractivity (Wildman–Crippen MR) is 57.0 cm³/mol. The monoisotopic (exact) mass is 210 g/mol. The molecule has 0 radical (unpaired) electrons. The summed E-state index contributed by atoms with van der Waals surface area (Å²) >= 11 is 4.90. The van der Waals surface area contributed by atoms with Crippen molar-refractivity contribution in [1.82, 2.24) is 0 Å². The minimum absolute atomic E-state index is 0.0452. The standard InChI is InChI=1S/C10H10O3S/c1-6(14)2-7-3-8(10(12)13)5-9(11)4-7/h3-5,11H,2H2,1H3,(H,12,13). The maximum atomic E-state index is 10.6. The SMILES string of the molecule is CC(=S)Cc1cc(O)cc(C(=O)O)c1. The molecule has 0 aliphatic rings. The topological polar surface area (TPSA) is 57.5 Å². The van der Waals surface area contributed by atoms with E-state index in [0.29, 0.717) is 6.42 Å². The summed E-state index contributed by atoms with van der Waals surface area (Å²) < 4.78 is 0. The van der Waals surface area contributed by atoms with E-state index in [2.05, 4.69) is 0 Å². The Hall–Kier alpha value is -1.42. The summed E-state index contributed by atoms with van der Waals surface area (Å²) in [5.74, 6) is -1.10. The number of carbonyl (C=O) groups is 1. The van der Waals surface area contributed by atoms with E-state index in [1.54, 1.807) is 6.92 Å². The van der Waals surface area contributed by atoms with Gasteiger partial charge in [-0.3, -0.25) is 0 Å². The number of hydrogen-bond acceptors (Lipinski definition) is 3. The molecule has 0 amide bonds. The third-order valence-electron chi connectivity index (χ3n) is 1.68. The Morgan fingerprint density at radius 2 is 2.07 bits per heavy atom. The van der Waals surface area contributed by atoms with Crippen LogP contribution in [0.1, 0.15) is 22.8 Å². The van der Waals surface area contributed by atoms with Crippen molar-refractivity contribution in [2.24, 2.45) is 0 Å². The molecule has 0 bridgehead atoms. The van der Waals surface area contributed by atoms with Gasteiger partial charge in [-0.1, -0.05) is 12.2 Å². The third-order valence-corrected chi connectivity index (χ3v) is 1.82. The largest absolute Gasteiger partial charge is 0.508 e. The molecule has 0 unspecified atom stereocenters. The fraction of sp³-hybridized carbons (Fsp3) is 0.200. The summed E-state index contributed by atoms with van der Waals surface area (Å²) in [6, 6.07) is 4.24. The van der Waals surface area contributed by atoms with E-state index in [1.807, 2.05) is 0 Å². The maximum absolute atomic E-state index is 10.6. The van der Waals surface area contributed by atoms with Crippen LogP contribution in [-0.2, 0) is 6.42 Å². The van der Waals surface area contributed by atoms with Crippen LogP contribution in [0.15, 0.2) is 18.2 Å². The predicted octanol–water partition coefficient (Wildman–Crippen LogP) is 2.02.